The maximum atomic E-state index is 6.71. The molecule has 0 saturated carbocycles. The number of rotatable bonds is 1. The SMILES string of the molecule is CC1(Cl)C=C2CCc3cc(I)cnc3C(C)(C3CCNCC3)C2=CC1. The van der Waals surface area contributed by atoms with Crippen LogP contribution < -0.4 is 5.32 Å². The minimum absolute atomic E-state index is 0.00248. The van der Waals surface area contributed by atoms with Gasteiger partial charge in [-0.15, -0.1) is 11.6 Å². The molecule has 1 aromatic rings. The summed E-state index contributed by atoms with van der Waals surface area (Å²) in [5, 5.41) is 3.53. The number of pyridine rings is 1. The second-order valence-corrected chi connectivity index (χ2v) is 10.3. The number of halogens is 2. The summed E-state index contributed by atoms with van der Waals surface area (Å²) < 4.78 is 1.24. The van der Waals surface area contributed by atoms with E-state index in [1.807, 2.05) is 6.20 Å². The van der Waals surface area contributed by atoms with Crippen molar-refractivity contribution in [2.45, 2.75) is 56.2 Å². The smallest absolute Gasteiger partial charge is 0.0638 e. The molecular weight excluding hydrogens is 443 g/mol. The number of aryl methyl sites for hydroxylation is 1. The van der Waals surface area contributed by atoms with Crippen LogP contribution in [0.4, 0.5) is 0 Å². The maximum Gasteiger partial charge on any atom is 0.0638 e. The van der Waals surface area contributed by atoms with E-state index >= 15 is 0 Å². The number of aromatic nitrogens is 1. The van der Waals surface area contributed by atoms with Crippen molar-refractivity contribution in [1.82, 2.24) is 10.3 Å². The first kappa shape index (κ1) is 18.0. The lowest BCUT2D eigenvalue weighted by atomic mass is 9.62. The predicted octanol–water partition coefficient (Wildman–Crippen LogP) is 5.14. The summed E-state index contributed by atoms with van der Waals surface area (Å²) in [6, 6.07) is 2.35. The molecule has 0 aromatic carbocycles. The van der Waals surface area contributed by atoms with Gasteiger partial charge in [-0.3, -0.25) is 4.98 Å². The van der Waals surface area contributed by atoms with Crippen LogP contribution in [0.5, 0.6) is 0 Å². The zero-order valence-electron chi connectivity index (χ0n) is 15.0. The lowest BCUT2D eigenvalue weighted by Gasteiger charge is -2.43. The molecule has 1 aromatic heterocycles. The van der Waals surface area contributed by atoms with Crippen molar-refractivity contribution in [2.24, 2.45) is 5.92 Å². The summed E-state index contributed by atoms with van der Waals surface area (Å²) in [6.07, 6.45) is 12.3. The van der Waals surface area contributed by atoms with Gasteiger partial charge in [0.2, 0.25) is 0 Å². The molecule has 2 aliphatic carbocycles. The molecule has 0 amide bonds. The Labute approximate surface area is 169 Å². The molecule has 25 heavy (non-hydrogen) atoms. The lowest BCUT2D eigenvalue weighted by Crippen LogP contribution is -2.43. The molecular formula is C21H26ClIN2. The van der Waals surface area contributed by atoms with Gasteiger partial charge in [-0.05, 0) is 110 Å². The number of alkyl halides is 1. The molecule has 1 N–H and O–H groups in total. The van der Waals surface area contributed by atoms with Gasteiger partial charge in [0.1, 0.15) is 0 Å². The van der Waals surface area contributed by atoms with Crippen molar-refractivity contribution in [3.63, 3.8) is 0 Å². The Morgan fingerprint density at radius 1 is 1.24 bits per heavy atom. The number of nitrogens with zero attached hydrogens (tertiary/aromatic N) is 1. The zero-order chi connectivity index (χ0) is 17.7. The summed E-state index contributed by atoms with van der Waals surface area (Å²) >= 11 is 9.10. The topological polar surface area (TPSA) is 24.9 Å². The first-order valence-electron chi connectivity index (χ1n) is 9.37. The second-order valence-electron chi connectivity index (χ2n) is 8.16. The van der Waals surface area contributed by atoms with Crippen LogP contribution in [0.25, 0.3) is 0 Å². The van der Waals surface area contributed by atoms with Crippen LogP contribution in [-0.2, 0) is 11.8 Å². The Kier molecular flexibility index (Phi) is 4.79. The summed E-state index contributed by atoms with van der Waals surface area (Å²) in [4.78, 5) is 4.76. The first-order valence-corrected chi connectivity index (χ1v) is 10.8. The van der Waals surface area contributed by atoms with Crippen molar-refractivity contribution in [2.75, 3.05) is 13.1 Å². The molecule has 0 bridgehead atoms. The molecule has 3 aliphatic rings. The van der Waals surface area contributed by atoms with Crippen LogP contribution in [0.15, 0.2) is 35.6 Å². The molecule has 134 valence electrons. The van der Waals surface area contributed by atoms with Crippen LogP contribution in [0, 0.1) is 9.49 Å². The number of piperidine rings is 1. The van der Waals surface area contributed by atoms with Crippen LogP contribution in [-0.4, -0.2) is 22.9 Å². The first-order chi connectivity index (χ1) is 11.9. The third-order valence-electron chi connectivity index (χ3n) is 6.33. The van der Waals surface area contributed by atoms with Gasteiger partial charge in [0.05, 0.1) is 10.6 Å². The molecule has 1 fully saturated rings. The maximum absolute atomic E-state index is 6.71. The van der Waals surface area contributed by atoms with E-state index in [-0.39, 0.29) is 10.3 Å². The number of hydrogen-bond donors (Lipinski definition) is 1. The van der Waals surface area contributed by atoms with E-state index in [4.69, 9.17) is 16.6 Å². The fourth-order valence-corrected chi connectivity index (χ4v) is 5.76. The van der Waals surface area contributed by atoms with Crippen molar-refractivity contribution in [3.05, 3.63) is 50.4 Å². The van der Waals surface area contributed by atoms with Gasteiger partial charge in [-0.1, -0.05) is 12.2 Å². The molecule has 2 heterocycles. The highest BCUT2D eigenvalue weighted by atomic mass is 127. The Hall–Kier alpha value is -0.390. The zero-order valence-corrected chi connectivity index (χ0v) is 18.0. The summed E-state index contributed by atoms with van der Waals surface area (Å²) in [7, 11) is 0. The largest absolute Gasteiger partial charge is 0.317 e. The number of fused-ring (bicyclic) bond motifs is 2. The minimum atomic E-state index is -0.244. The van der Waals surface area contributed by atoms with Crippen molar-refractivity contribution < 1.29 is 0 Å². The number of hydrogen-bond acceptors (Lipinski definition) is 2. The van der Waals surface area contributed by atoms with E-state index in [1.54, 1.807) is 0 Å². The predicted molar refractivity (Wildman–Crippen MR) is 113 cm³/mol. The Morgan fingerprint density at radius 3 is 2.76 bits per heavy atom. The fourth-order valence-electron chi connectivity index (χ4n) is 5.03. The van der Waals surface area contributed by atoms with Gasteiger partial charge in [0.25, 0.3) is 0 Å². The highest BCUT2D eigenvalue weighted by Gasteiger charge is 2.45. The summed E-state index contributed by atoms with van der Waals surface area (Å²) in [5.74, 6) is 0.632. The molecule has 2 unspecified atom stereocenters. The number of allylic oxidation sites excluding steroid dienone is 4. The van der Waals surface area contributed by atoms with Crippen molar-refractivity contribution in [1.29, 1.82) is 0 Å². The standard InChI is InChI=1S/C21H26ClIN2/c1-20(22)8-5-18-15(12-20)4-3-14-11-17(23)13-25-19(14)21(18,2)16-6-9-24-10-7-16/h5,11-13,16,24H,3-4,6-10H2,1-2H3. The van der Waals surface area contributed by atoms with E-state index in [0.717, 1.165) is 32.4 Å². The second kappa shape index (κ2) is 6.65. The molecule has 1 aliphatic heterocycles. The Balaban J connectivity index is 1.89. The molecule has 2 atom stereocenters. The Bertz CT molecular complexity index is 746. The van der Waals surface area contributed by atoms with Gasteiger partial charge < -0.3 is 5.32 Å². The molecule has 4 rings (SSSR count). The van der Waals surface area contributed by atoms with Crippen LogP contribution in [0.3, 0.4) is 0 Å². The van der Waals surface area contributed by atoms with E-state index in [2.05, 4.69) is 60.0 Å². The number of nitrogens with one attached hydrogen (secondary N) is 1. The van der Waals surface area contributed by atoms with Crippen LogP contribution in [0.2, 0.25) is 0 Å². The van der Waals surface area contributed by atoms with Crippen LogP contribution >= 0.6 is 34.2 Å². The van der Waals surface area contributed by atoms with Crippen molar-refractivity contribution in [3.8, 4) is 0 Å². The van der Waals surface area contributed by atoms with Gasteiger partial charge in [0.15, 0.2) is 0 Å². The molecule has 0 radical (unpaired) electrons. The van der Waals surface area contributed by atoms with Gasteiger partial charge >= 0.3 is 0 Å². The third kappa shape index (κ3) is 3.21. The molecule has 2 nitrogen and oxygen atoms in total. The van der Waals surface area contributed by atoms with E-state index in [9.17, 15) is 0 Å². The third-order valence-corrected chi connectivity index (χ3v) is 7.18. The monoisotopic (exact) mass is 468 g/mol. The average molecular weight is 469 g/mol. The fraction of sp³-hybridized carbons (Fsp3) is 0.571. The summed E-state index contributed by atoms with van der Waals surface area (Å²) in [6.45, 7) is 6.80. The minimum Gasteiger partial charge on any atom is -0.317 e. The van der Waals surface area contributed by atoms with Gasteiger partial charge in [-0.25, -0.2) is 0 Å². The van der Waals surface area contributed by atoms with Crippen molar-refractivity contribution >= 4 is 34.2 Å². The Morgan fingerprint density at radius 2 is 2.00 bits per heavy atom. The summed E-state index contributed by atoms with van der Waals surface area (Å²) in [5.41, 5.74) is 5.70. The van der Waals surface area contributed by atoms with E-state index in [1.165, 1.54) is 38.8 Å². The van der Waals surface area contributed by atoms with E-state index < -0.39 is 0 Å². The molecule has 4 heteroatoms. The molecule has 0 spiro atoms. The normalized spacial score (nSPS) is 33.0. The van der Waals surface area contributed by atoms with Gasteiger partial charge in [0, 0.05) is 15.2 Å². The van der Waals surface area contributed by atoms with Crippen LogP contribution in [0.1, 0.15) is 50.8 Å². The lowest BCUT2D eigenvalue weighted by molar-refractivity contribution is 0.258. The van der Waals surface area contributed by atoms with E-state index in [0.29, 0.717) is 5.92 Å². The average Bonchev–Trinajstić information content (AvgIpc) is 2.70. The highest BCUT2D eigenvalue weighted by molar-refractivity contribution is 14.1. The quantitative estimate of drug-likeness (QED) is 0.456. The van der Waals surface area contributed by atoms with Gasteiger partial charge in [-0.2, -0.15) is 0 Å². The highest BCUT2D eigenvalue weighted by Crippen LogP contribution is 2.51. The molecule has 1 saturated heterocycles.